The molecule has 0 saturated carbocycles. The van der Waals surface area contributed by atoms with E-state index in [0.29, 0.717) is 5.92 Å². The third kappa shape index (κ3) is 2.16. The molecule has 17 heavy (non-hydrogen) atoms. The van der Waals surface area contributed by atoms with Crippen molar-refractivity contribution < 1.29 is 4.74 Å². The molecule has 1 aromatic heterocycles. The predicted octanol–water partition coefficient (Wildman–Crippen LogP) is 2.43. The second kappa shape index (κ2) is 4.50. The first-order valence-electron chi connectivity index (χ1n) is 6.20. The van der Waals surface area contributed by atoms with Crippen LogP contribution in [0.1, 0.15) is 30.7 Å². The van der Waals surface area contributed by atoms with Crippen molar-refractivity contribution in [3.05, 3.63) is 24.0 Å². The number of hydrogen-bond acceptors (Lipinski definition) is 4. The lowest BCUT2D eigenvalue weighted by molar-refractivity contribution is -0.0666. The number of nitrogens with zero attached hydrogens (tertiary/aromatic N) is 1. The lowest BCUT2D eigenvalue weighted by Gasteiger charge is -2.38. The number of hydrogen-bond donors (Lipinski definition) is 1. The van der Waals surface area contributed by atoms with Gasteiger partial charge in [0.05, 0.1) is 5.60 Å². The third-order valence-corrected chi connectivity index (χ3v) is 5.11. The molecule has 0 amide bonds. The van der Waals surface area contributed by atoms with Crippen LogP contribution in [0.5, 0.6) is 0 Å². The SMILES string of the molecule is Nc1ccncc1C1CCOC2(CCSC2)C1. The highest BCUT2D eigenvalue weighted by Gasteiger charge is 2.41. The van der Waals surface area contributed by atoms with Crippen molar-refractivity contribution in [2.24, 2.45) is 0 Å². The van der Waals surface area contributed by atoms with Crippen LogP contribution in [0.15, 0.2) is 18.5 Å². The Morgan fingerprint density at radius 3 is 3.24 bits per heavy atom. The summed E-state index contributed by atoms with van der Waals surface area (Å²) in [5.41, 5.74) is 8.27. The van der Waals surface area contributed by atoms with Gasteiger partial charge in [0.15, 0.2) is 0 Å². The third-order valence-electron chi connectivity index (χ3n) is 3.89. The number of pyridine rings is 1. The first kappa shape index (κ1) is 11.4. The van der Waals surface area contributed by atoms with Gasteiger partial charge in [0.1, 0.15) is 0 Å². The Morgan fingerprint density at radius 2 is 2.47 bits per heavy atom. The quantitative estimate of drug-likeness (QED) is 0.831. The molecule has 4 heteroatoms. The summed E-state index contributed by atoms with van der Waals surface area (Å²) in [6.07, 6.45) is 7.06. The smallest absolute Gasteiger partial charge is 0.0786 e. The van der Waals surface area contributed by atoms with E-state index < -0.39 is 0 Å². The van der Waals surface area contributed by atoms with E-state index in [1.165, 1.54) is 17.7 Å². The van der Waals surface area contributed by atoms with E-state index in [0.717, 1.165) is 30.9 Å². The molecule has 0 radical (unpaired) electrons. The van der Waals surface area contributed by atoms with Crippen LogP contribution in [0.25, 0.3) is 0 Å². The molecule has 0 bridgehead atoms. The van der Waals surface area contributed by atoms with Crippen molar-refractivity contribution >= 4 is 17.4 Å². The number of rotatable bonds is 1. The molecule has 0 aliphatic carbocycles. The lowest BCUT2D eigenvalue weighted by Crippen LogP contribution is -2.39. The number of nitrogens with two attached hydrogens (primary N) is 1. The molecule has 3 heterocycles. The van der Waals surface area contributed by atoms with E-state index in [1.54, 1.807) is 6.20 Å². The molecule has 2 atom stereocenters. The average Bonchev–Trinajstić information content (AvgIpc) is 2.78. The standard InChI is InChI=1S/C13H18N2OS/c14-12-1-4-15-8-11(12)10-2-5-16-13(7-10)3-6-17-9-13/h1,4,8,10H,2-3,5-7,9H2,(H2,14,15). The molecule has 2 fully saturated rings. The second-order valence-electron chi connectivity index (χ2n) is 5.03. The summed E-state index contributed by atoms with van der Waals surface area (Å²) >= 11 is 2.01. The predicted molar refractivity (Wildman–Crippen MR) is 71.2 cm³/mol. The van der Waals surface area contributed by atoms with Gasteiger partial charge in [0, 0.05) is 30.4 Å². The summed E-state index contributed by atoms with van der Waals surface area (Å²) in [5, 5.41) is 0. The van der Waals surface area contributed by atoms with Gasteiger partial charge in [-0.05, 0) is 42.6 Å². The fraction of sp³-hybridized carbons (Fsp3) is 0.615. The highest BCUT2D eigenvalue weighted by molar-refractivity contribution is 7.99. The maximum Gasteiger partial charge on any atom is 0.0786 e. The maximum atomic E-state index is 6.05. The molecule has 2 saturated heterocycles. The number of thioether (sulfide) groups is 1. The van der Waals surface area contributed by atoms with E-state index in [-0.39, 0.29) is 5.60 Å². The molecule has 2 aliphatic rings. The zero-order chi connectivity index (χ0) is 11.7. The van der Waals surface area contributed by atoms with Gasteiger partial charge in [-0.15, -0.1) is 0 Å². The number of nitrogen functional groups attached to an aromatic ring is 1. The van der Waals surface area contributed by atoms with Crippen LogP contribution in [-0.4, -0.2) is 28.7 Å². The molecule has 1 aromatic rings. The Bertz CT molecular complexity index is 404. The Kier molecular flexibility index (Phi) is 3.01. The summed E-state index contributed by atoms with van der Waals surface area (Å²) in [6, 6.07) is 1.90. The van der Waals surface area contributed by atoms with E-state index in [4.69, 9.17) is 10.5 Å². The fourth-order valence-electron chi connectivity index (χ4n) is 2.92. The monoisotopic (exact) mass is 250 g/mol. The Morgan fingerprint density at radius 1 is 1.53 bits per heavy atom. The molecule has 3 rings (SSSR count). The zero-order valence-electron chi connectivity index (χ0n) is 9.89. The lowest BCUT2D eigenvalue weighted by atomic mass is 9.81. The molecule has 3 nitrogen and oxygen atoms in total. The van der Waals surface area contributed by atoms with Crippen LogP contribution in [0.2, 0.25) is 0 Å². The van der Waals surface area contributed by atoms with E-state index in [2.05, 4.69) is 4.98 Å². The molecule has 1 spiro atoms. The number of ether oxygens (including phenoxy) is 1. The van der Waals surface area contributed by atoms with Crippen molar-refractivity contribution in [3.63, 3.8) is 0 Å². The van der Waals surface area contributed by atoms with E-state index in [1.807, 2.05) is 24.0 Å². The van der Waals surface area contributed by atoms with Gasteiger partial charge in [-0.25, -0.2) is 0 Å². The number of aromatic nitrogens is 1. The van der Waals surface area contributed by atoms with Crippen molar-refractivity contribution in [2.45, 2.75) is 30.8 Å². The first-order valence-corrected chi connectivity index (χ1v) is 7.36. The minimum Gasteiger partial charge on any atom is -0.398 e. The Balaban J connectivity index is 1.82. The van der Waals surface area contributed by atoms with Gasteiger partial charge >= 0.3 is 0 Å². The van der Waals surface area contributed by atoms with Crippen molar-refractivity contribution in [2.75, 3.05) is 23.8 Å². The zero-order valence-corrected chi connectivity index (χ0v) is 10.7. The highest BCUT2D eigenvalue weighted by Crippen LogP contribution is 2.44. The summed E-state index contributed by atoms with van der Waals surface area (Å²) in [5.74, 6) is 2.90. The van der Waals surface area contributed by atoms with Crippen LogP contribution < -0.4 is 5.73 Å². The average molecular weight is 250 g/mol. The van der Waals surface area contributed by atoms with Crippen LogP contribution in [0.4, 0.5) is 5.69 Å². The second-order valence-corrected chi connectivity index (χ2v) is 6.13. The van der Waals surface area contributed by atoms with Gasteiger partial charge in [0.2, 0.25) is 0 Å². The molecule has 2 unspecified atom stereocenters. The van der Waals surface area contributed by atoms with Crippen molar-refractivity contribution in [1.82, 2.24) is 4.98 Å². The fourth-order valence-corrected chi connectivity index (χ4v) is 4.29. The summed E-state index contributed by atoms with van der Waals surface area (Å²) in [4.78, 5) is 4.21. The van der Waals surface area contributed by atoms with Crippen molar-refractivity contribution in [3.8, 4) is 0 Å². The molecular weight excluding hydrogens is 232 g/mol. The Hall–Kier alpha value is -0.740. The topological polar surface area (TPSA) is 48.1 Å². The largest absolute Gasteiger partial charge is 0.398 e. The van der Waals surface area contributed by atoms with Crippen LogP contribution in [0, 0.1) is 0 Å². The van der Waals surface area contributed by atoms with Crippen LogP contribution in [-0.2, 0) is 4.74 Å². The summed E-state index contributed by atoms with van der Waals surface area (Å²) in [6.45, 7) is 0.861. The molecule has 2 N–H and O–H groups in total. The van der Waals surface area contributed by atoms with E-state index in [9.17, 15) is 0 Å². The van der Waals surface area contributed by atoms with Gasteiger partial charge < -0.3 is 10.5 Å². The van der Waals surface area contributed by atoms with E-state index >= 15 is 0 Å². The van der Waals surface area contributed by atoms with Gasteiger partial charge in [-0.1, -0.05) is 0 Å². The minimum absolute atomic E-state index is 0.121. The van der Waals surface area contributed by atoms with Gasteiger partial charge in [-0.3, -0.25) is 4.98 Å². The summed E-state index contributed by atoms with van der Waals surface area (Å²) < 4.78 is 6.04. The summed E-state index contributed by atoms with van der Waals surface area (Å²) in [7, 11) is 0. The normalized spacial score (nSPS) is 33.1. The van der Waals surface area contributed by atoms with Crippen molar-refractivity contribution in [1.29, 1.82) is 0 Å². The minimum atomic E-state index is 0.121. The highest BCUT2D eigenvalue weighted by atomic mass is 32.2. The van der Waals surface area contributed by atoms with Gasteiger partial charge in [0.25, 0.3) is 0 Å². The Labute approximate surface area is 106 Å². The molecular formula is C13H18N2OS. The number of anilines is 1. The molecule has 92 valence electrons. The first-order chi connectivity index (χ1) is 8.29. The van der Waals surface area contributed by atoms with Gasteiger partial charge in [-0.2, -0.15) is 11.8 Å². The van der Waals surface area contributed by atoms with Crippen LogP contribution >= 0.6 is 11.8 Å². The molecule has 2 aliphatic heterocycles. The maximum absolute atomic E-state index is 6.05. The van der Waals surface area contributed by atoms with Crippen LogP contribution in [0.3, 0.4) is 0 Å². The molecule has 0 aromatic carbocycles.